The molecule has 9 nitrogen and oxygen atoms in total. The molecule has 0 rings (SSSR count). The van der Waals surface area contributed by atoms with Crippen molar-refractivity contribution in [3.05, 3.63) is 0 Å². The molecule has 0 bridgehead atoms. The average molecular weight is 255 g/mol. The molecule has 0 aliphatic carbocycles. The van der Waals surface area contributed by atoms with E-state index in [0.29, 0.717) is 0 Å². The zero-order valence-corrected chi connectivity index (χ0v) is 9.49. The molecule has 12 heavy (non-hydrogen) atoms. The molecule has 0 aliphatic heterocycles. The Labute approximate surface area is 85.8 Å². The van der Waals surface area contributed by atoms with Gasteiger partial charge in [-0.2, -0.15) is 7.82 Å². The molecule has 0 fully saturated rings. The molecule has 0 amide bonds. The van der Waals surface area contributed by atoms with E-state index in [1.54, 1.807) is 0 Å². The molecule has 0 spiro atoms. The van der Waals surface area contributed by atoms with E-state index in [1.807, 2.05) is 0 Å². The Morgan fingerprint density at radius 1 is 1.08 bits per heavy atom. The van der Waals surface area contributed by atoms with E-state index in [4.69, 9.17) is 35.2 Å². The van der Waals surface area contributed by atoms with Crippen molar-refractivity contribution in [1.29, 1.82) is 0 Å². The number of phosphoric acid groups is 1. The summed E-state index contributed by atoms with van der Waals surface area (Å²) in [6, 6.07) is 0. The van der Waals surface area contributed by atoms with Crippen LogP contribution in [0.3, 0.4) is 0 Å². The van der Waals surface area contributed by atoms with Gasteiger partial charge in [-0.1, -0.05) is 0 Å². The van der Waals surface area contributed by atoms with Crippen molar-refractivity contribution in [2.24, 2.45) is 0 Å². The van der Waals surface area contributed by atoms with Gasteiger partial charge in [0.05, 0.1) is 0 Å². The van der Waals surface area contributed by atoms with Crippen LogP contribution in [0.25, 0.3) is 0 Å². The second kappa shape index (κ2) is 8.49. The summed E-state index contributed by atoms with van der Waals surface area (Å²) in [6.07, 6.45) is 0. The Bertz CT molecular complexity index is 197. The van der Waals surface area contributed by atoms with E-state index in [9.17, 15) is 0 Å². The van der Waals surface area contributed by atoms with Gasteiger partial charge in [0, 0.05) is 0 Å². The predicted molar refractivity (Wildman–Crippen MR) is 25.2 cm³/mol. The fourth-order valence-corrected chi connectivity index (χ4v) is 0. The van der Waals surface area contributed by atoms with Crippen LogP contribution in [-0.2, 0) is 25.8 Å². The van der Waals surface area contributed by atoms with Crippen molar-refractivity contribution in [3.63, 3.8) is 0 Å². The van der Waals surface area contributed by atoms with Gasteiger partial charge in [0.25, 0.3) is 0 Å². The molecule has 12 heteroatoms. The van der Waals surface area contributed by atoms with E-state index in [1.165, 1.54) is 0 Å². The van der Waals surface area contributed by atoms with Gasteiger partial charge in [-0.15, -0.1) is 0 Å². The van der Waals surface area contributed by atoms with Crippen molar-refractivity contribution in [3.8, 4) is 0 Å². The van der Waals surface area contributed by atoms with Gasteiger partial charge in [0.1, 0.15) is 0 Å². The summed E-state index contributed by atoms with van der Waals surface area (Å²) in [7, 11) is -5.39. The van der Waals surface area contributed by atoms with Crippen LogP contribution in [0, 0.1) is 0 Å². The van der Waals surface area contributed by atoms with Gasteiger partial charge in [0.15, 0.2) is 0 Å². The first-order valence-corrected chi connectivity index (χ1v) is 5.07. The Kier molecular flexibility index (Phi) is 16.3. The Balaban J connectivity index is -0.0000000457. The summed E-state index contributed by atoms with van der Waals surface area (Å²) >= 11 is -5.25. The molecule has 0 atom stereocenters. The molecule has 0 aromatic heterocycles. The summed E-state index contributed by atoms with van der Waals surface area (Å²) in [5.41, 5.74) is 0. The molecule has 0 saturated heterocycles. The van der Waals surface area contributed by atoms with Crippen LogP contribution in [0.2, 0.25) is 0 Å². The number of quaternary nitrogens is 1. The molecule has 0 aromatic carbocycles. The normalized spacial score (nSPS) is 9.75. The van der Waals surface area contributed by atoms with E-state index in [-0.39, 0.29) is 29.2 Å². The summed E-state index contributed by atoms with van der Waals surface area (Å²) in [4.78, 5) is 25.6. The molecular weight excluding hydrogens is 249 g/mol. The van der Waals surface area contributed by atoms with E-state index in [2.05, 4.69) is 0 Å². The third-order valence-electron chi connectivity index (χ3n) is 0. The van der Waals surface area contributed by atoms with Crippen LogP contribution in [-0.4, -0.2) is 31.4 Å². The third kappa shape index (κ3) is 1350. The van der Waals surface area contributed by atoms with E-state index in [0.717, 1.165) is 0 Å². The quantitative estimate of drug-likeness (QED) is 0.286. The molecule has 0 saturated carbocycles. The minimum atomic E-state index is -5.39. The maximum absolute atomic E-state index is 8.82. The van der Waals surface area contributed by atoms with Gasteiger partial charge in [0.2, 0.25) is 0 Å². The van der Waals surface area contributed by atoms with Gasteiger partial charge in [-0.05, 0) is 0 Å². The van der Waals surface area contributed by atoms with Crippen LogP contribution in [0.4, 0.5) is 0 Å². The molecule has 0 aromatic rings. The second-order valence-electron chi connectivity index (χ2n) is 0.895. The molecule has 0 heterocycles. The van der Waals surface area contributed by atoms with Crippen LogP contribution >= 0.6 is 7.82 Å². The number of rotatable bonds is 0. The molecule has 72 valence electrons. The Hall–Kier alpha value is 0.889. The van der Waals surface area contributed by atoms with Gasteiger partial charge < -0.3 is 25.4 Å². The molecule has 6 N–H and O–H groups in total. The van der Waals surface area contributed by atoms with Crippen molar-refractivity contribution >= 4 is 30.9 Å². The van der Waals surface area contributed by atoms with Crippen molar-refractivity contribution in [2.75, 3.05) is 0 Å². The fraction of sp³-hybridized carbons (Fsp3) is 0. The predicted octanol–water partition coefficient (Wildman–Crippen LogP) is -4.18. The average Bonchev–Trinajstić information content (AvgIpc) is 1.12. The first-order chi connectivity index (χ1) is 4.00. The Morgan fingerprint density at radius 3 is 1.08 bits per heavy atom. The van der Waals surface area contributed by atoms with Crippen molar-refractivity contribution in [2.45, 2.75) is 0 Å². The fourth-order valence-electron chi connectivity index (χ4n) is 0. The molecule has 0 aliphatic rings. The van der Waals surface area contributed by atoms with Crippen LogP contribution in [0.5, 0.6) is 0 Å². The second-order valence-corrected chi connectivity index (χ2v) is 3.19. The summed E-state index contributed by atoms with van der Waals surface area (Å²) < 4.78 is 40.4. The van der Waals surface area contributed by atoms with Crippen molar-refractivity contribution in [1.82, 2.24) is 6.15 Å². The SMILES string of the molecule is O=P([O-])([O-])[O-].[Mg+2].[NH4+].[O]=[Cr](=[O])([OH])[OH]. The zero-order valence-electron chi connectivity index (χ0n) is 5.91. The van der Waals surface area contributed by atoms with Gasteiger partial charge >= 0.3 is 52.6 Å². The monoisotopic (exact) mass is 255 g/mol. The van der Waals surface area contributed by atoms with Gasteiger partial charge in [-0.3, -0.25) is 0 Å². The van der Waals surface area contributed by atoms with Crippen LogP contribution < -0.4 is 20.8 Å². The van der Waals surface area contributed by atoms with Crippen LogP contribution in [0.15, 0.2) is 0 Å². The van der Waals surface area contributed by atoms with Crippen LogP contribution in [0.1, 0.15) is 0 Å². The number of hydrogen-bond donors (Lipinski definition) is 3. The zero-order chi connectivity index (χ0) is 9.00. The van der Waals surface area contributed by atoms with Gasteiger partial charge in [-0.25, -0.2) is 0 Å². The standard InChI is InChI=1S/Cr.Mg.H3N.H3O4P.2H2O.2O/c;;;1-5(2,3)4;;;;/h;;1H3;(H3,1,2,3,4);2*1H2;;/q2*+2;;;;;;/p-4. The third-order valence-corrected chi connectivity index (χ3v) is 0. The van der Waals surface area contributed by atoms with E-state index < -0.39 is 21.4 Å². The van der Waals surface area contributed by atoms with Crippen molar-refractivity contribution < 1.29 is 48.8 Å². The molecular formula is H6CrMgNO8P. The first kappa shape index (κ1) is 23.1. The minimum absolute atomic E-state index is 0. The first-order valence-electron chi connectivity index (χ1n) is 1.43. The summed E-state index contributed by atoms with van der Waals surface area (Å²) in [6.45, 7) is 0. The Morgan fingerprint density at radius 2 is 1.08 bits per heavy atom. The maximum atomic E-state index is 8.82. The molecule has 0 radical (unpaired) electrons. The molecule has 0 unspecified atom stereocenters. The van der Waals surface area contributed by atoms with E-state index >= 15 is 0 Å². The summed E-state index contributed by atoms with van der Waals surface area (Å²) in [5.74, 6) is 0. The number of hydrogen-bond acceptors (Lipinski definition) is 6. The summed E-state index contributed by atoms with van der Waals surface area (Å²) in [5, 5.41) is 0. The topological polar surface area (TPSA) is 197 Å².